The third-order valence-electron chi connectivity index (χ3n) is 3.11. The van der Waals surface area contributed by atoms with Crippen LogP contribution in [0, 0.1) is 0 Å². The number of anilines is 1. The zero-order chi connectivity index (χ0) is 14.8. The summed E-state index contributed by atoms with van der Waals surface area (Å²) in [5.41, 5.74) is 0. The monoisotopic (exact) mass is 300 g/mol. The highest BCUT2D eigenvalue weighted by Gasteiger charge is 2.21. The second-order valence-electron chi connectivity index (χ2n) is 4.50. The molecule has 2 heterocycles. The lowest BCUT2D eigenvalue weighted by molar-refractivity contribution is -0.138. The summed E-state index contributed by atoms with van der Waals surface area (Å²) in [6, 6.07) is 9.42. The predicted octanol–water partition coefficient (Wildman–Crippen LogP) is 3.24. The molecule has 0 aliphatic rings. The van der Waals surface area contributed by atoms with Crippen molar-refractivity contribution in [2.75, 3.05) is 5.32 Å². The maximum Gasteiger partial charge on any atom is 0.331 e. The van der Waals surface area contributed by atoms with Crippen LogP contribution in [0.2, 0.25) is 0 Å². The Hall–Kier alpha value is -2.60. The molecule has 21 heavy (non-hydrogen) atoms. The lowest BCUT2D eigenvalue weighted by Gasteiger charge is -2.15. The molecule has 106 valence electrons. The van der Waals surface area contributed by atoms with Crippen LogP contribution in [0.25, 0.3) is 10.8 Å². The Labute approximate surface area is 124 Å². The number of benzene rings is 1. The summed E-state index contributed by atoms with van der Waals surface area (Å²) in [6.45, 7) is 0. The highest BCUT2D eigenvalue weighted by Crippen LogP contribution is 2.29. The average Bonchev–Trinajstić information content (AvgIpc) is 2.98. The number of aromatic hydroxyl groups is 1. The summed E-state index contributed by atoms with van der Waals surface area (Å²) < 4.78 is 0. The van der Waals surface area contributed by atoms with Crippen molar-refractivity contribution in [1.29, 1.82) is 0 Å². The highest BCUT2D eigenvalue weighted by atomic mass is 32.1. The van der Waals surface area contributed by atoms with Gasteiger partial charge in [0.05, 0.1) is 0 Å². The number of thiophene rings is 1. The van der Waals surface area contributed by atoms with Crippen LogP contribution in [0.1, 0.15) is 10.9 Å². The van der Waals surface area contributed by atoms with Crippen molar-refractivity contribution >= 4 is 33.9 Å². The van der Waals surface area contributed by atoms with Gasteiger partial charge in [-0.05, 0) is 35.0 Å². The second kappa shape index (κ2) is 5.41. The van der Waals surface area contributed by atoms with Crippen LogP contribution in [0.3, 0.4) is 0 Å². The molecule has 0 aliphatic carbocycles. The number of nitrogens with one attached hydrogen (secondary N) is 1. The number of pyridine rings is 1. The number of nitrogens with zero attached hydrogens (tertiary/aromatic N) is 1. The van der Waals surface area contributed by atoms with Crippen LogP contribution in [0.15, 0.2) is 48.0 Å². The van der Waals surface area contributed by atoms with E-state index in [1.54, 1.807) is 42.6 Å². The molecular weight excluding hydrogens is 288 g/mol. The van der Waals surface area contributed by atoms with E-state index in [-0.39, 0.29) is 5.75 Å². The van der Waals surface area contributed by atoms with Crippen LogP contribution < -0.4 is 5.32 Å². The molecule has 1 unspecified atom stereocenters. The van der Waals surface area contributed by atoms with Crippen LogP contribution in [0.4, 0.5) is 5.82 Å². The zero-order valence-corrected chi connectivity index (χ0v) is 11.7. The fourth-order valence-corrected chi connectivity index (χ4v) is 2.89. The van der Waals surface area contributed by atoms with Crippen LogP contribution >= 0.6 is 11.3 Å². The standard InChI is InChI=1S/C15H12N2O3S/c18-10-4-3-9-5-6-16-14(11(9)8-10)17-13(15(19)20)12-2-1-7-21-12/h1-8,13,18H,(H,16,17)(H,19,20). The molecule has 3 rings (SSSR count). The first kappa shape index (κ1) is 13.4. The lowest BCUT2D eigenvalue weighted by Crippen LogP contribution is -2.20. The Kier molecular flexibility index (Phi) is 3.45. The van der Waals surface area contributed by atoms with Crippen molar-refractivity contribution in [3.8, 4) is 5.75 Å². The predicted molar refractivity (Wildman–Crippen MR) is 81.7 cm³/mol. The quantitative estimate of drug-likeness (QED) is 0.689. The molecule has 3 N–H and O–H groups in total. The van der Waals surface area contributed by atoms with Gasteiger partial charge in [0.15, 0.2) is 6.04 Å². The first-order valence-electron chi connectivity index (χ1n) is 6.25. The Balaban J connectivity index is 2.04. The number of fused-ring (bicyclic) bond motifs is 1. The third kappa shape index (κ3) is 2.66. The number of phenolic OH excluding ortho intramolecular Hbond substituents is 1. The smallest absolute Gasteiger partial charge is 0.331 e. The Morgan fingerprint density at radius 1 is 1.29 bits per heavy atom. The van der Waals surface area contributed by atoms with Gasteiger partial charge < -0.3 is 15.5 Å². The minimum absolute atomic E-state index is 0.113. The van der Waals surface area contributed by atoms with Crippen LogP contribution in [-0.4, -0.2) is 21.2 Å². The van der Waals surface area contributed by atoms with E-state index in [9.17, 15) is 15.0 Å². The summed E-state index contributed by atoms with van der Waals surface area (Å²) in [7, 11) is 0. The number of carbonyl (C=O) groups is 1. The molecule has 1 aromatic carbocycles. The Morgan fingerprint density at radius 3 is 2.86 bits per heavy atom. The summed E-state index contributed by atoms with van der Waals surface area (Å²) in [5, 5.41) is 25.3. The summed E-state index contributed by atoms with van der Waals surface area (Å²) in [6.07, 6.45) is 1.61. The van der Waals surface area contributed by atoms with Gasteiger partial charge in [-0.15, -0.1) is 11.3 Å². The number of phenols is 1. The van der Waals surface area contributed by atoms with E-state index in [2.05, 4.69) is 10.3 Å². The second-order valence-corrected chi connectivity index (χ2v) is 5.48. The van der Waals surface area contributed by atoms with Crippen molar-refractivity contribution in [2.45, 2.75) is 6.04 Å². The van der Waals surface area contributed by atoms with Gasteiger partial charge >= 0.3 is 5.97 Å². The van der Waals surface area contributed by atoms with E-state index in [4.69, 9.17) is 0 Å². The SMILES string of the molecule is O=C(O)C(Nc1nccc2ccc(O)cc12)c1cccs1. The zero-order valence-electron chi connectivity index (χ0n) is 10.9. The molecular formula is C15H12N2O3S. The van der Waals surface area contributed by atoms with Gasteiger partial charge in [0.25, 0.3) is 0 Å². The van der Waals surface area contributed by atoms with Gasteiger partial charge in [-0.2, -0.15) is 0 Å². The van der Waals surface area contributed by atoms with E-state index in [0.29, 0.717) is 16.1 Å². The van der Waals surface area contributed by atoms with E-state index in [1.807, 2.05) is 5.38 Å². The van der Waals surface area contributed by atoms with Gasteiger partial charge in [0.2, 0.25) is 0 Å². The van der Waals surface area contributed by atoms with Crippen LogP contribution in [0.5, 0.6) is 5.75 Å². The van der Waals surface area contributed by atoms with Crippen molar-refractivity contribution < 1.29 is 15.0 Å². The number of carboxylic acids is 1. The maximum atomic E-state index is 11.5. The molecule has 0 saturated heterocycles. The molecule has 0 amide bonds. The Bertz CT molecular complexity index is 787. The number of hydrogen-bond acceptors (Lipinski definition) is 5. The first-order chi connectivity index (χ1) is 10.1. The lowest BCUT2D eigenvalue weighted by atomic mass is 10.1. The average molecular weight is 300 g/mol. The Morgan fingerprint density at radius 2 is 2.14 bits per heavy atom. The van der Waals surface area contributed by atoms with E-state index in [0.717, 1.165) is 5.39 Å². The van der Waals surface area contributed by atoms with Gasteiger partial charge in [0, 0.05) is 16.5 Å². The van der Waals surface area contributed by atoms with E-state index < -0.39 is 12.0 Å². The van der Waals surface area contributed by atoms with Crippen molar-refractivity contribution in [3.05, 3.63) is 52.9 Å². The van der Waals surface area contributed by atoms with Crippen molar-refractivity contribution in [2.24, 2.45) is 0 Å². The van der Waals surface area contributed by atoms with Crippen molar-refractivity contribution in [1.82, 2.24) is 4.98 Å². The molecule has 0 bridgehead atoms. The first-order valence-corrected chi connectivity index (χ1v) is 7.13. The summed E-state index contributed by atoms with van der Waals surface area (Å²) >= 11 is 1.37. The largest absolute Gasteiger partial charge is 0.508 e. The minimum atomic E-state index is -0.976. The molecule has 0 radical (unpaired) electrons. The molecule has 0 aliphatic heterocycles. The van der Waals surface area contributed by atoms with Crippen LogP contribution in [-0.2, 0) is 4.79 Å². The fraction of sp³-hybridized carbons (Fsp3) is 0.0667. The topological polar surface area (TPSA) is 82.5 Å². The van der Waals surface area contributed by atoms with Gasteiger partial charge in [-0.1, -0.05) is 12.1 Å². The summed E-state index contributed by atoms with van der Waals surface area (Å²) in [5.74, 6) is -0.429. The summed E-state index contributed by atoms with van der Waals surface area (Å²) in [4.78, 5) is 16.4. The molecule has 3 aromatic rings. The molecule has 1 atom stereocenters. The number of aromatic nitrogens is 1. The molecule has 0 fully saturated rings. The fourth-order valence-electron chi connectivity index (χ4n) is 2.12. The normalized spacial score (nSPS) is 12.2. The molecule has 6 heteroatoms. The van der Waals surface area contributed by atoms with Gasteiger partial charge in [-0.25, -0.2) is 9.78 Å². The van der Waals surface area contributed by atoms with Gasteiger partial charge in [-0.3, -0.25) is 0 Å². The van der Waals surface area contributed by atoms with Crippen molar-refractivity contribution in [3.63, 3.8) is 0 Å². The number of aliphatic carboxylic acids is 1. The number of rotatable bonds is 4. The molecule has 0 spiro atoms. The minimum Gasteiger partial charge on any atom is -0.508 e. The number of hydrogen-bond donors (Lipinski definition) is 3. The maximum absolute atomic E-state index is 11.5. The number of carboxylic acid groups (broad SMARTS) is 1. The van der Waals surface area contributed by atoms with Gasteiger partial charge in [0.1, 0.15) is 11.6 Å². The molecule has 0 saturated carbocycles. The van der Waals surface area contributed by atoms with E-state index >= 15 is 0 Å². The highest BCUT2D eigenvalue weighted by molar-refractivity contribution is 7.10. The third-order valence-corrected chi connectivity index (χ3v) is 4.04. The molecule has 5 nitrogen and oxygen atoms in total. The van der Waals surface area contributed by atoms with E-state index in [1.165, 1.54) is 11.3 Å². The molecule has 2 aromatic heterocycles.